The zero-order valence-corrected chi connectivity index (χ0v) is 9.94. The number of hydrogen-bond acceptors (Lipinski definition) is 3. The van der Waals surface area contributed by atoms with Crippen molar-refractivity contribution in [3.63, 3.8) is 0 Å². The smallest absolute Gasteiger partial charge is 0.137 e. The normalized spacial score (nSPS) is 9.33. The molecular formula is C11H14ClN3. The minimum Gasteiger partial charge on any atom is -0.369 e. The maximum Gasteiger partial charge on any atom is 0.137 e. The molecule has 1 N–H and O–H groups in total. The molecule has 0 saturated carbocycles. The summed E-state index contributed by atoms with van der Waals surface area (Å²) in [4.78, 5) is 8.34. The highest BCUT2D eigenvalue weighted by Gasteiger charge is 2.05. The van der Waals surface area contributed by atoms with Gasteiger partial charge < -0.3 is 5.32 Å². The van der Waals surface area contributed by atoms with Gasteiger partial charge in [-0.15, -0.1) is 11.8 Å². The average molecular weight is 224 g/mol. The van der Waals surface area contributed by atoms with Gasteiger partial charge in [-0.25, -0.2) is 9.97 Å². The third-order valence-corrected chi connectivity index (χ3v) is 2.29. The van der Waals surface area contributed by atoms with Crippen molar-refractivity contribution in [2.45, 2.75) is 27.2 Å². The molecule has 0 aromatic carbocycles. The Bertz CT molecular complexity index is 404. The number of nitrogens with zero attached hydrogens (tertiary/aromatic N) is 2. The van der Waals surface area contributed by atoms with E-state index in [1.165, 1.54) is 0 Å². The molecule has 0 unspecified atom stereocenters. The van der Waals surface area contributed by atoms with Crippen molar-refractivity contribution in [2.24, 2.45) is 0 Å². The van der Waals surface area contributed by atoms with E-state index in [1.54, 1.807) is 0 Å². The van der Waals surface area contributed by atoms with Gasteiger partial charge in [0.25, 0.3) is 0 Å². The average Bonchev–Trinajstić information content (AvgIpc) is 2.19. The number of halogens is 1. The lowest BCUT2D eigenvalue weighted by molar-refractivity contribution is 0.996. The van der Waals surface area contributed by atoms with Crippen molar-refractivity contribution in [3.8, 4) is 11.8 Å². The van der Waals surface area contributed by atoms with E-state index in [0.29, 0.717) is 11.0 Å². The van der Waals surface area contributed by atoms with Gasteiger partial charge in [0.05, 0.1) is 0 Å². The highest BCUT2D eigenvalue weighted by molar-refractivity contribution is 6.30. The van der Waals surface area contributed by atoms with Crippen LogP contribution in [0.1, 0.15) is 24.7 Å². The molecule has 0 aliphatic heterocycles. The first-order valence-corrected chi connectivity index (χ1v) is 5.17. The Balaban J connectivity index is 2.70. The number of hydrogen-bond donors (Lipinski definition) is 1. The van der Waals surface area contributed by atoms with Crippen LogP contribution in [0, 0.1) is 25.7 Å². The van der Waals surface area contributed by atoms with Gasteiger partial charge >= 0.3 is 0 Å². The van der Waals surface area contributed by atoms with Crippen molar-refractivity contribution < 1.29 is 0 Å². The van der Waals surface area contributed by atoms with Gasteiger partial charge in [-0.05, 0) is 20.8 Å². The number of nitrogens with one attached hydrogen (secondary N) is 1. The summed E-state index contributed by atoms with van der Waals surface area (Å²) in [6, 6.07) is 0. The van der Waals surface area contributed by atoms with Crippen molar-refractivity contribution in [1.29, 1.82) is 0 Å². The largest absolute Gasteiger partial charge is 0.369 e. The first-order valence-electron chi connectivity index (χ1n) is 4.79. The van der Waals surface area contributed by atoms with Crippen LogP contribution in [-0.4, -0.2) is 16.5 Å². The van der Waals surface area contributed by atoms with Gasteiger partial charge in [0, 0.05) is 18.5 Å². The van der Waals surface area contributed by atoms with E-state index in [-0.39, 0.29) is 0 Å². The number of aromatic nitrogens is 2. The molecule has 3 nitrogen and oxygen atoms in total. The Morgan fingerprint density at radius 2 is 2.07 bits per heavy atom. The van der Waals surface area contributed by atoms with Gasteiger partial charge in [0.2, 0.25) is 0 Å². The standard InChI is InChI=1S/C11H14ClN3/c1-4-5-6-7-13-11-8(2)10(12)14-9(3)15-11/h6-7H2,1-3H3,(H,13,14,15). The van der Waals surface area contributed by atoms with Crippen LogP contribution in [-0.2, 0) is 0 Å². The summed E-state index contributed by atoms with van der Waals surface area (Å²) < 4.78 is 0. The maximum absolute atomic E-state index is 5.94. The molecule has 1 rings (SSSR count). The minimum atomic E-state index is 0.506. The summed E-state index contributed by atoms with van der Waals surface area (Å²) >= 11 is 5.94. The van der Waals surface area contributed by atoms with Gasteiger partial charge in [-0.2, -0.15) is 0 Å². The van der Waals surface area contributed by atoms with Crippen LogP contribution in [0.3, 0.4) is 0 Å². The fourth-order valence-corrected chi connectivity index (χ4v) is 1.35. The van der Waals surface area contributed by atoms with E-state index in [9.17, 15) is 0 Å². The lowest BCUT2D eigenvalue weighted by atomic mass is 10.3. The zero-order valence-electron chi connectivity index (χ0n) is 9.19. The SMILES string of the molecule is CC#CCCNc1nc(C)nc(Cl)c1C. The van der Waals surface area contributed by atoms with E-state index in [4.69, 9.17) is 11.6 Å². The molecule has 0 spiro atoms. The topological polar surface area (TPSA) is 37.8 Å². The molecule has 0 aliphatic carbocycles. The summed E-state index contributed by atoms with van der Waals surface area (Å²) in [6.45, 7) is 6.32. The van der Waals surface area contributed by atoms with E-state index in [1.807, 2.05) is 20.8 Å². The molecule has 4 heteroatoms. The van der Waals surface area contributed by atoms with E-state index in [0.717, 1.165) is 24.3 Å². The molecule has 0 aliphatic rings. The Labute approximate surface area is 95.3 Å². The first-order chi connectivity index (χ1) is 7.15. The van der Waals surface area contributed by atoms with Crippen LogP contribution in [0.25, 0.3) is 0 Å². The molecular weight excluding hydrogens is 210 g/mol. The Morgan fingerprint density at radius 1 is 1.33 bits per heavy atom. The quantitative estimate of drug-likeness (QED) is 0.486. The predicted molar refractivity (Wildman–Crippen MR) is 63.1 cm³/mol. The molecule has 1 aromatic heterocycles. The zero-order chi connectivity index (χ0) is 11.3. The maximum atomic E-state index is 5.94. The molecule has 0 saturated heterocycles. The van der Waals surface area contributed by atoms with Crippen LogP contribution >= 0.6 is 11.6 Å². The molecule has 1 aromatic rings. The van der Waals surface area contributed by atoms with Crippen molar-refractivity contribution in [1.82, 2.24) is 9.97 Å². The summed E-state index contributed by atoms with van der Waals surface area (Å²) in [5, 5.41) is 3.70. The molecule has 0 amide bonds. The van der Waals surface area contributed by atoms with Gasteiger partial charge in [0.1, 0.15) is 16.8 Å². The third-order valence-electron chi connectivity index (χ3n) is 1.92. The van der Waals surface area contributed by atoms with Crippen LogP contribution in [0.5, 0.6) is 0 Å². The van der Waals surface area contributed by atoms with Crippen LogP contribution in [0.4, 0.5) is 5.82 Å². The highest BCUT2D eigenvalue weighted by atomic mass is 35.5. The van der Waals surface area contributed by atoms with Gasteiger partial charge in [0.15, 0.2) is 0 Å². The molecule has 0 atom stereocenters. The fraction of sp³-hybridized carbons (Fsp3) is 0.455. The van der Waals surface area contributed by atoms with Gasteiger partial charge in [-0.1, -0.05) is 11.6 Å². The third kappa shape index (κ3) is 3.41. The number of rotatable bonds is 3. The summed E-state index contributed by atoms with van der Waals surface area (Å²) in [5.74, 6) is 7.29. The Hall–Kier alpha value is -1.27. The minimum absolute atomic E-state index is 0.506. The second kappa shape index (κ2) is 5.57. The number of aryl methyl sites for hydroxylation is 1. The summed E-state index contributed by atoms with van der Waals surface area (Å²) in [5.41, 5.74) is 0.881. The highest BCUT2D eigenvalue weighted by Crippen LogP contribution is 2.19. The van der Waals surface area contributed by atoms with E-state index < -0.39 is 0 Å². The molecule has 0 bridgehead atoms. The molecule has 80 valence electrons. The molecule has 1 heterocycles. The van der Waals surface area contributed by atoms with Crippen LogP contribution in [0.15, 0.2) is 0 Å². The monoisotopic (exact) mass is 223 g/mol. The van der Waals surface area contributed by atoms with Crippen LogP contribution < -0.4 is 5.32 Å². The van der Waals surface area contributed by atoms with Gasteiger partial charge in [-0.3, -0.25) is 0 Å². The van der Waals surface area contributed by atoms with E-state index in [2.05, 4.69) is 27.1 Å². The Morgan fingerprint density at radius 3 is 2.73 bits per heavy atom. The lowest BCUT2D eigenvalue weighted by Gasteiger charge is -2.08. The van der Waals surface area contributed by atoms with Crippen molar-refractivity contribution in [2.75, 3.05) is 11.9 Å². The van der Waals surface area contributed by atoms with E-state index >= 15 is 0 Å². The number of anilines is 1. The van der Waals surface area contributed by atoms with Crippen LogP contribution in [0.2, 0.25) is 5.15 Å². The summed E-state index contributed by atoms with van der Waals surface area (Å²) in [7, 11) is 0. The van der Waals surface area contributed by atoms with Crippen molar-refractivity contribution in [3.05, 3.63) is 16.5 Å². The second-order valence-electron chi connectivity index (χ2n) is 3.14. The second-order valence-corrected chi connectivity index (χ2v) is 3.50. The molecule has 15 heavy (non-hydrogen) atoms. The Kier molecular flexibility index (Phi) is 4.38. The fourth-order valence-electron chi connectivity index (χ4n) is 1.13. The van der Waals surface area contributed by atoms with Crippen molar-refractivity contribution >= 4 is 17.4 Å². The predicted octanol–water partition coefficient (Wildman–Crippen LogP) is 2.57. The molecule has 0 radical (unpaired) electrons. The molecule has 0 fully saturated rings. The first kappa shape index (κ1) is 11.8. The lowest BCUT2D eigenvalue weighted by Crippen LogP contribution is -2.06. The summed E-state index contributed by atoms with van der Waals surface area (Å²) in [6.07, 6.45) is 0.802.